The van der Waals surface area contributed by atoms with Crippen LogP contribution in [0.3, 0.4) is 0 Å². The highest BCUT2D eigenvalue weighted by atomic mass is 16.5. The van der Waals surface area contributed by atoms with E-state index in [2.05, 4.69) is 17.2 Å². The van der Waals surface area contributed by atoms with Crippen LogP contribution in [-0.2, 0) is 9.53 Å². The molecule has 0 radical (unpaired) electrons. The van der Waals surface area contributed by atoms with Crippen molar-refractivity contribution >= 4 is 11.6 Å². The van der Waals surface area contributed by atoms with E-state index in [1.54, 1.807) is 0 Å². The van der Waals surface area contributed by atoms with Crippen molar-refractivity contribution in [2.45, 2.75) is 32.8 Å². The van der Waals surface area contributed by atoms with Gasteiger partial charge in [-0.05, 0) is 37.0 Å². The van der Waals surface area contributed by atoms with Gasteiger partial charge in [-0.15, -0.1) is 0 Å². The summed E-state index contributed by atoms with van der Waals surface area (Å²) in [5.74, 6) is 6.00. The normalized spacial score (nSPS) is 20.7. The Hall–Kier alpha value is -1.83. The number of rotatable bonds is 3. The summed E-state index contributed by atoms with van der Waals surface area (Å²) in [7, 11) is 0. The van der Waals surface area contributed by atoms with E-state index in [1.807, 2.05) is 32.0 Å². The molecule has 0 saturated carbocycles. The number of benzene rings is 1. The van der Waals surface area contributed by atoms with E-state index < -0.39 is 0 Å². The van der Waals surface area contributed by atoms with Gasteiger partial charge < -0.3 is 15.2 Å². The van der Waals surface area contributed by atoms with Crippen LogP contribution in [0, 0.1) is 24.7 Å². The molecule has 4 nitrogen and oxygen atoms in total. The molecule has 4 heteroatoms. The first kappa shape index (κ1) is 15.6. The summed E-state index contributed by atoms with van der Waals surface area (Å²) in [6.45, 7) is 4.67. The summed E-state index contributed by atoms with van der Waals surface area (Å²) >= 11 is 0. The Balaban J connectivity index is 2.15. The van der Waals surface area contributed by atoms with Gasteiger partial charge in [0, 0.05) is 18.6 Å². The molecule has 0 aromatic heterocycles. The lowest BCUT2D eigenvalue weighted by atomic mass is 10.0. The molecule has 0 aliphatic carbocycles. The fourth-order valence-electron chi connectivity index (χ4n) is 2.32. The first-order valence-electron chi connectivity index (χ1n) is 7.24. The molecule has 2 unspecified atom stereocenters. The molecule has 1 aliphatic rings. The summed E-state index contributed by atoms with van der Waals surface area (Å²) in [5, 5.41) is 11.7. The minimum absolute atomic E-state index is 0.0357. The summed E-state index contributed by atoms with van der Waals surface area (Å²) < 4.78 is 5.48. The van der Waals surface area contributed by atoms with Gasteiger partial charge in [0.15, 0.2) is 0 Å². The van der Waals surface area contributed by atoms with Gasteiger partial charge in [-0.2, -0.15) is 0 Å². The minimum atomic E-state index is -0.385. The number of carbonyl (C=O) groups excluding carboxylic acids is 1. The Bertz CT molecular complexity index is 571. The second kappa shape index (κ2) is 7.26. The molecule has 1 saturated heterocycles. The first-order chi connectivity index (χ1) is 10.1. The van der Waals surface area contributed by atoms with Crippen molar-refractivity contribution in [1.29, 1.82) is 0 Å². The molecule has 0 spiro atoms. The molecule has 21 heavy (non-hydrogen) atoms. The maximum absolute atomic E-state index is 12.3. The van der Waals surface area contributed by atoms with E-state index in [0.29, 0.717) is 18.7 Å². The van der Waals surface area contributed by atoms with Gasteiger partial charge in [-0.1, -0.05) is 24.8 Å². The van der Waals surface area contributed by atoms with Gasteiger partial charge in [0.05, 0.1) is 12.3 Å². The molecular formula is C17H21NO3. The van der Waals surface area contributed by atoms with Crippen LogP contribution in [0.1, 0.15) is 30.9 Å². The van der Waals surface area contributed by atoms with Gasteiger partial charge in [0.1, 0.15) is 6.10 Å². The molecule has 1 fully saturated rings. The Labute approximate surface area is 125 Å². The number of aliphatic hydroxyl groups is 1. The number of amides is 1. The third kappa shape index (κ3) is 4.07. The van der Waals surface area contributed by atoms with Gasteiger partial charge in [-0.25, -0.2) is 0 Å². The number of aryl methyl sites for hydroxylation is 1. The standard InChI is InChI=1S/C17H21NO3/c1-12-6-7-15(14(11-12)5-3-4-9-19)18-17(20)16-13(2)8-10-21-16/h6-7,11,13,16,19H,4,8-10H2,1-2H3,(H,18,20). The fraction of sp³-hybridized carbons (Fsp3) is 0.471. The Morgan fingerprint density at radius 1 is 1.52 bits per heavy atom. The maximum atomic E-state index is 12.3. The van der Waals surface area contributed by atoms with Crippen LogP contribution in [0.15, 0.2) is 18.2 Å². The molecule has 2 rings (SSSR count). The molecule has 1 heterocycles. The van der Waals surface area contributed by atoms with Gasteiger partial charge in [0.25, 0.3) is 5.91 Å². The van der Waals surface area contributed by atoms with Crippen molar-refractivity contribution in [3.8, 4) is 11.8 Å². The van der Waals surface area contributed by atoms with Gasteiger partial charge in [-0.3, -0.25) is 4.79 Å². The lowest BCUT2D eigenvalue weighted by Gasteiger charge is -2.15. The van der Waals surface area contributed by atoms with Crippen molar-refractivity contribution in [3.63, 3.8) is 0 Å². The molecule has 1 amide bonds. The summed E-state index contributed by atoms with van der Waals surface area (Å²) in [6.07, 6.45) is 0.948. The molecule has 1 aromatic carbocycles. The molecular weight excluding hydrogens is 266 g/mol. The maximum Gasteiger partial charge on any atom is 0.253 e. The van der Waals surface area contributed by atoms with Crippen LogP contribution >= 0.6 is 0 Å². The van der Waals surface area contributed by atoms with Crippen molar-refractivity contribution < 1.29 is 14.6 Å². The molecule has 1 aliphatic heterocycles. The predicted molar refractivity (Wildman–Crippen MR) is 81.9 cm³/mol. The van der Waals surface area contributed by atoms with E-state index in [1.165, 1.54) is 0 Å². The Morgan fingerprint density at radius 2 is 2.33 bits per heavy atom. The van der Waals surface area contributed by atoms with Crippen LogP contribution in [-0.4, -0.2) is 30.3 Å². The highest BCUT2D eigenvalue weighted by Gasteiger charge is 2.31. The smallest absolute Gasteiger partial charge is 0.253 e. The zero-order valence-electron chi connectivity index (χ0n) is 12.5. The number of aliphatic hydroxyl groups excluding tert-OH is 1. The van der Waals surface area contributed by atoms with E-state index >= 15 is 0 Å². The topological polar surface area (TPSA) is 58.6 Å². The largest absolute Gasteiger partial charge is 0.395 e. The Kier molecular flexibility index (Phi) is 5.38. The third-order valence-electron chi connectivity index (χ3n) is 3.54. The molecule has 112 valence electrons. The molecule has 1 aromatic rings. The number of ether oxygens (including phenoxy) is 1. The number of hydrogen-bond acceptors (Lipinski definition) is 3. The van der Waals surface area contributed by atoms with Crippen molar-refractivity contribution in [3.05, 3.63) is 29.3 Å². The van der Waals surface area contributed by atoms with Crippen molar-refractivity contribution in [2.75, 3.05) is 18.5 Å². The van der Waals surface area contributed by atoms with Crippen LogP contribution in [0.25, 0.3) is 0 Å². The SMILES string of the molecule is Cc1ccc(NC(=O)C2OCCC2C)c(C#CCCO)c1. The monoisotopic (exact) mass is 287 g/mol. The fourth-order valence-corrected chi connectivity index (χ4v) is 2.32. The summed E-state index contributed by atoms with van der Waals surface area (Å²) in [4.78, 5) is 12.3. The lowest BCUT2D eigenvalue weighted by Crippen LogP contribution is -2.31. The minimum Gasteiger partial charge on any atom is -0.395 e. The summed E-state index contributed by atoms with van der Waals surface area (Å²) in [6, 6.07) is 5.72. The second-order valence-corrected chi connectivity index (χ2v) is 5.37. The van der Waals surface area contributed by atoms with Crippen molar-refractivity contribution in [2.24, 2.45) is 5.92 Å². The van der Waals surface area contributed by atoms with Crippen LogP contribution < -0.4 is 5.32 Å². The van der Waals surface area contributed by atoms with E-state index in [-0.39, 0.29) is 24.5 Å². The molecule has 0 bridgehead atoms. The number of carbonyl (C=O) groups is 1. The zero-order valence-corrected chi connectivity index (χ0v) is 12.5. The van der Waals surface area contributed by atoms with Crippen LogP contribution in [0.2, 0.25) is 0 Å². The van der Waals surface area contributed by atoms with Crippen LogP contribution in [0.5, 0.6) is 0 Å². The van der Waals surface area contributed by atoms with Gasteiger partial charge in [0.2, 0.25) is 0 Å². The third-order valence-corrected chi connectivity index (χ3v) is 3.54. The van der Waals surface area contributed by atoms with E-state index in [4.69, 9.17) is 9.84 Å². The quantitative estimate of drug-likeness (QED) is 0.837. The molecule has 2 N–H and O–H groups in total. The van der Waals surface area contributed by atoms with Crippen LogP contribution in [0.4, 0.5) is 5.69 Å². The zero-order chi connectivity index (χ0) is 15.2. The van der Waals surface area contributed by atoms with E-state index in [0.717, 1.165) is 17.5 Å². The highest BCUT2D eigenvalue weighted by molar-refractivity contribution is 5.95. The number of nitrogens with one attached hydrogen (secondary N) is 1. The van der Waals surface area contributed by atoms with Gasteiger partial charge >= 0.3 is 0 Å². The lowest BCUT2D eigenvalue weighted by molar-refractivity contribution is -0.126. The first-order valence-corrected chi connectivity index (χ1v) is 7.24. The summed E-state index contributed by atoms with van der Waals surface area (Å²) in [5.41, 5.74) is 2.54. The average molecular weight is 287 g/mol. The van der Waals surface area contributed by atoms with E-state index in [9.17, 15) is 4.79 Å². The highest BCUT2D eigenvalue weighted by Crippen LogP contribution is 2.23. The number of anilines is 1. The average Bonchev–Trinajstić information content (AvgIpc) is 2.88. The molecule has 2 atom stereocenters. The predicted octanol–water partition coefficient (Wildman–Crippen LogP) is 2.09. The van der Waals surface area contributed by atoms with Crippen molar-refractivity contribution in [1.82, 2.24) is 0 Å². The second-order valence-electron chi connectivity index (χ2n) is 5.37. The number of hydrogen-bond donors (Lipinski definition) is 2. The Morgan fingerprint density at radius 3 is 3.00 bits per heavy atom.